The zero-order valence-corrected chi connectivity index (χ0v) is 18.3. The molecule has 1 aliphatic heterocycles. The fourth-order valence-electron chi connectivity index (χ4n) is 3.05. The average Bonchev–Trinajstić information content (AvgIpc) is 3.18. The maximum Gasteiger partial charge on any atom is 0.401 e. The van der Waals surface area contributed by atoms with E-state index in [4.69, 9.17) is 0 Å². The molecule has 2 atom stereocenters. The smallest absolute Gasteiger partial charge is 0.356 e. The number of hydrogen-bond donors (Lipinski definition) is 2. The predicted molar refractivity (Wildman–Crippen MR) is 113 cm³/mol. The first kappa shape index (κ1) is 23.5. The average molecular weight is 504 g/mol. The van der Waals surface area contributed by atoms with Gasteiger partial charge in [-0.15, -0.1) is 35.3 Å². The minimum Gasteiger partial charge on any atom is -0.356 e. The second-order valence-corrected chi connectivity index (χ2v) is 7.76. The van der Waals surface area contributed by atoms with Crippen LogP contribution in [0.15, 0.2) is 22.5 Å². The third-order valence-electron chi connectivity index (χ3n) is 4.30. The van der Waals surface area contributed by atoms with Crippen molar-refractivity contribution in [2.45, 2.75) is 25.9 Å². The third-order valence-corrected chi connectivity index (χ3v) is 5.20. The Labute approximate surface area is 174 Å². The van der Waals surface area contributed by atoms with Crippen molar-refractivity contribution >= 4 is 41.3 Å². The van der Waals surface area contributed by atoms with E-state index in [9.17, 15) is 13.2 Å². The first-order valence-electron chi connectivity index (χ1n) is 8.61. The Morgan fingerprint density at radius 2 is 2.19 bits per heavy atom. The van der Waals surface area contributed by atoms with Gasteiger partial charge in [-0.1, -0.05) is 13.0 Å². The van der Waals surface area contributed by atoms with Crippen LogP contribution in [0.1, 0.15) is 18.2 Å². The van der Waals surface area contributed by atoms with Gasteiger partial charge in [0.15, 0.2) is 5.96 Å². The highest BCUT2D eigenvalue weighted by Gasteiger charge is 2.34. The largest absolute Gasteiger partial charge is 0.401 e. The summed E-state index contributed by atoms with van der Waals surface area (Å²) in [7, 11) is 1.71. The van der Waals surface area contributed by atoms with Gasteiger partial charge in [0, 0.05) is 31.6 Å². The number of nitrogens with zero attached hydrogens (tertiary/aromatic N) is 2. The van der Waals surface area contributed by atoms with Crippen molar-refractivity contribution in [1.29, 1.82) is 0 Å². The van der Waals surface area contributed by atoms with Gasteiger partial charge < -0.3 is 10.6 Å². The van der Waals surface area contributed by atoms with Crippen LogP contribution in [0, 0.1) is 11.8 Å². The predicted octanol–water partition coefficient (Wildman–Crippen LogP) is 3.59. The summed E-state index contributed by atoms with van der Waals surface area (Å²) in [6.45, 7) is 3.83. The van der Waals surface area contributed by atoms with Gasteiger partial charge in [-0.3, -0.25) is 9.89 Å². The summed E-state index contributed by atoms with van der Waals surface area (Å²) >= 11 is 1.76. The lowest BCUT2D eigenvalue weighted by molar-refractivity contribution is -0.143. The molecule has 9 heteroatoms. The first-order chi connectivity index (χ1) is 11.9. The van der Waals surface area contributed by atoms with Crippen LogP contribution >= 0.6 is 35.3 Å². The van der Waals surface area contributed by atoms with Crippen molar-refractivity contribution in [2.75, 3.05) is 39.8 Å². The number of alkyl halides is 3. The van der Waals surface area contributed by atoms with Gasteiger partial charge in [0.25, 0.3) is 0 Å². The van der Waals surface area contributed by atoms with E-state index in [0.29, 0.717) is 31.5 Å². The number of aliphatic imine (C=N–C) groups is 1. The molecule has 4 nitrogen and oxygen atoms in total. The molecule has 1 aliphatic rings. The van der Waals surface area contributed by atoms with Crippen LogP contribution in [0.4, 0.5) is 13.2 Å². The maximum atomic E-state index is 12.4. The minimum absolute atomic E-state index is 0. The Morgan fingerprint density at radius 3 is 2.81 bits per heavy atom. The van der Waals surface area contributed by atoms with Gasteiger partial charge in [0.05, 0.1) is 6.54 Å². The summed E-state index contributed by atoms with van der Waals surface area (Å²) in [6.07, 6.45) is -2.30. The van der Waals surface area contributed by atoms with E-state index in [1.807, 2.05) is 0 Å². The van der Waals surface area contributed by atoms with Gasteiger partial charge in [-0.05, 0) is 42.7 Å². The second kappa shape index (κ2) is 11.3. The molecule has 2 N–H and O–H groups in total. The summed E-state index contributed by atoms with van der Waals surface area (Å²) in [5.74, 6) is 1.42. The summed E-state index contributed by atoms with van der Waals surface area (Å²) in [6, 6.07) is 4.20. The Kier molecular flexibility index (Phi) is 10.2. The highest BCUT2D eigenvalue weighted by atomic mass is 127. The van der Waals surface area contributed by atoms with E-state index in [1.165, 1.54) is 9.78 Å². The molecule has 1 aromatic heterocycles. The molecular formula is C17H28F3IN4S. The zero-order chi connectivity index (χ0) is 18.3. The molecular weight excluding hydrogens is 476 g/mol. The van der Waals surface area contributed by atoms with Crippen LogP contribution in [-0.4, -0.2) is 56.8 Å². The number of thiophene rings is 1. The van der Waals surface area contributed by atoms with Crippen LogP contribution in [0.5, 0.6) is 0 Å². The standard InChI is InChI=1S/C17H27F3N4S.HI/c1-13(8-15-4-3-7-25-15)9-22-16(21-2)23-10-14-5-6-24(11-14)12-17(18,19)20;/h3-4,7,13-14H,5-6,8-12H2,1-2H3,(H2,21,22,23);1H. The molecule has 2 unspecified atom stereocenters. The Hall–Kier alpha value is -0.550. The topological polar surface area (TPSA) is 39.7 Å². The molecule has 0 amide bonds. The highest BCUT2D eigenvalue weighted by molar-refractivity contribution is 14.0. The Balaban J connectivity index is 0.00000338. The lowest BCUT2D eigenvalue weighted by Gasteiger charge is -2.19. The summed E-state index contributed by atoms with van der Waals surface area (Å²) in [5, 5.41) is 8.63. The van der Waals surface area contributed by atoms with Crippen molar-refractivity contribution in [2.24, 2.45) is 16.8 Å². The highest BCUT2D eigenvalue weighted by Crippen LogP contribution is 2.22. The van der Waals surface area contributed by atoms with Gasteiger partial charge >= 0.3 is 6.18 Å². The van der Waals surface area contributed by atoms with Crippen LogP contribution < -0.4 is 10.6 Å². The lowest BCUT2D eigenvalue weighted by Crippen LogP contribution is -2.42. The Morgan fingerprint density at radius 1 is 1.42 bits per heavy atom. The molecule has 1 saturated heterocycles. The van der Waals surface area contributed by atoms with Crippen molar-refractivity contribution in [3.05, 3.63) is 22.4 Å². The lowest BCUT2D eigenvalue weighted by atomic mass is 10.1. The monoisotopic (exact) mass is 504 g/mol. The molecule has 1 fully saturated rings. The van der Waals surface area contributed by atoms with Crippen molar-refractivity contribution in [3.63, 3.8) is 0 Å². The third kappa shape index (κ3) is 8.90. The molecule has 0 aromatic carbocycles. The van der Waals surface area contributed by atoms with E-state index in [0.717, 1.165) is 19.4 Å². The summed E-state index contributed by atoms with van der Waals surface area (Å²) < 4.78 is 37.3. The second-order valence-electron chi connectivity index (χ2n) is 6.73. The Bertz CT molecular complexity index is 537. The normalized spacial score (nSPS) is 19.9. The molecule has 2 heterocycles. The van der Waals surface area contributed by atoms with Gasteiger partial charge in [0.1, 0.15) is 0 Å². The van der Waals surface area contributed by atoms with E-state index >= 15 is 0 Å². The number of rotatable bonds is 7. The maximum absolute atomic E-state index is 12.4. The molecule has 0 radical (unpaired) electrons. The first-order valence-corrected chi connectivity index (χ1v) is 9.49. The van der Waals surface area contributed by atoms with Gasteiger partial charge in [-0.2, -0.15) is 13.2 Å². The molecule has 26 heavy (non-hydrogen) atoms. The molecule has 1 aromatic rings. The molecule has 0 bridgehead atoms. The van der Waals surface area contributed by atoms with Crippen LogP contribution in [0.2, 0.25) is 0 Å². The van der Waals surface area contributed by atoms with Gasteiger partial charge in [-0.25, -0.2) is 0 Å². The minimum atomic E-state index is -4.11. The zero-order valence-electron chi connectivity index (χ0n) is 15.2. The summed E-state index contributed by atoms with van der Waals surface area (Å²) in [5.41, 5.74) is 0. The number of guanidine groups is 1. The van der Waals surface area contributed by atoms with Crippen molar-refractivity contribution in [1.82, 2.24) is 15.5 Å². The number of likely N-dealkylation sites (tertiary alicyclic amines) is 1. The van der Waals surface area contributed by atoms with Crippen LogP contribution in [0.3, 0.4) is 0 Å². The SMILES string of the molecule is CN=C(NCC(C)Cc1cccs1)NCC1CCN(CC(F)(F)F)C1.I. The van der Waals surface area contributed by atoms with E-state index in [2.05, 4.69) is 40.1 Å². The fraction of sp³-hybridized carbons (Fsp3) is 0.706. The van der Waals surface area contributed by atoms with Crippen LogP contribution in [-0.2, 0) is 6.42 Å². The molecule has 0 aliphatic carbocycles. The van der Waals surface area contributed by atoms with Gasteiger partial charge in [0.2, 0.25) is 0 Å². The number of nitrogens with one attached hydrogen (secondary N) is 2. The number of halogens is 4. The van der Waals surface area contributed by atoms with Crippen molar-refractivity contribution in [3.8, 4) is 0 Å². The summed E-state index contributed by atoms with van der Waals surface area (Å²) in [4.78, 5) is 7.05. The quantitative estimate of drug-likeness (QED) is 0.339. The number of hydrogen-bond acceptors (Lipinski definition) is 3. The van der Waals surface area contributed by atoms with E-state index < -0.39 is 12.7 Å². The fourth-order valence-corrected chi connectivity index (χ4v) is 3.92. The molecule has 0 spiro atoms. The van der Waals surface area contributed by atoms with Crippen molar-refractivity contribution < 1.29 is 13.2 Å². The molecule has 150 valence electrons. The molecule has 0 saturated carbocycles. The molecule has 2 rings (SSSR count). The van der Waals surface area contributed by atoms with E-state index in [1.54, 1.807) is 18.4 Å². The van der Waals surface area contributed by atoms with E-state index in [-0.39, 0.29) is 29.9 Å². The van der Waals surface area contributed by atoms with Crippen LogP contribution in [0.25, 0.3) is 0 Å².